The number of carboxylic acids is 1. The quantitative estimate of drug-likeness (QED) is 0.175. The molecule has 8 N–H and O–H groups in total. The van der Waals surface area contributed by atoms with Gasteiger partial charge in [-0.2, -0.15) is 0 Å². The van der Waals surface area contributed by atoms with Crippen LogP contribution in [0.2, 0.25) is 0 Å². The van der Waals surface area contributed by atoms with Crippen molar-refractivity contribution >= 4 is 17.8 Å². The summed E-state index contributed by atoms with van der Waals surface area (Å²) >= 11 is 0. The Balaban J connectivity index is 2.13. The van der Waals surface area contributed by atoms with Gasteiger partial charge < -0.3 is 32.3 Å². The van der Waals surface area contributed by atoms with Crippen molar-refractivity contribution in [3.8, 4) is 5.75 Å². The van der Waals surface area contributed by atoms with Gasteiger partial charge in [-0.05, 0) is 42.9 Å². The van der Waals surface area contributed by atoms with E-state index in [4.69, 9.17) is 16.6 Å². The number of hydrogen-bond donors (Lipinski definition) is 6. The highest BCUT2D eigenvalue weighted by Gasteiger charge is 2.52. The number of benzene rings is 1. The molecule has 0 spiro atoms. The first-order valence-corrected chi connectivity index (χ1v) is 9.61. The fourth-order valence-electron chi connectivity index (χ4n) is 3.44. The molecule has 3 atom stereocenters. The molecule has 0 aromatic heterocycles. The highest BCUT2D eigenvalue weighted by molar-refractivity contribution is 5.80. The normalized spacial score (nSPS) is 20.9. The average molecular weight is 415 g/mol. The number of nitrogens with one attached hydrogen (secondary N) is 2. The molecular weight excluding hydrogens is 386 g/mol. The first-order chi connectivity index (χ1) is 14.1. The monoisotopic (exact) mass is 415 g/mol. The summed E-state index contributed by atoms with van der Waals surface area (Å²) in [5.41, 5.74) is 11.6. The summed E-state index contributed by atoms with van der Waals surface area (Å²) in [6, 6.07) is 6.28. The maximum Gasteiger partial charge on any atom is 0.328 e. The van der Waals surface area contributed by atoms with Crippen molar-refractivity contribution in [2.75, 3.05) is 6.54 Å². The number of aromatic hydroxyl groups is 1. The lowest BCUT2D eigenvalue weighted by molar-refractivity contribution is -0.131. The molecule has 0 radical (unpaired) electrons. The smallest absolute Gasteiger partial charge is 0.328 e. The maximum atomic E-state index is 11.7. The van der Waals surface area contributed by atoms with Crippen LogP contribution in [0.5, 0.6) is 5.75 Å². The zero-order valence-electron chi connectivity index (χ0n) is 17.0. The Labute approximate surface area is 175 Å². The predicted molar refractivity (Wildman–Crippen MR) is 115 cm³/mol. The van der Waals surface area contributed by atoms with E-state index in [9.17, 15) is 14.7 Å². The van der Waals surface area contributed by atoms with Gasteiger partial charge in [0.1, 0.15) is 5.75 Å². The van der Waals surface area contributed by atoms with Crippen molar-refractivity contribution in [2.24, 2.45) is 22.4 Å². The Morgan fingerprint density at radius 3 is 2.60 bits per heavy atom. The topological polar surface area (TPSA) is 163 Å². The van der Waals surface area contributed by atoms with E-state index in [0.29, 0.717) is 31.5 Å². The van der Waals surface area contributed by atoms with Crippen LogP contribution in [0, 0.1) is 5.92 Å². The molecule has 0 bridgehead atoms. The Kier molecular flexibility index (Phi) is 7.46. The SMILES string of the molecule is C=C(NC1(/C=C/C(=O)O)CC1CCN=C(N)N)[C@H](Cc1ccc(O)cc1)NC(C)=O. The maximum absolute atomic E-state index is 11.7. The van der Waals surface area contributed by atoms with E-state index in [1.807, 2.05) is 0 Å². The largest absolute Gasteiger partial charge is 0.508 e. The minimum absolute atomic E-state index is 0.0133. The number of phenols is 1. The van der Waals surface area contributed by atoms with Gasteiger partial charge in [-0.3, -0.25) is 9.79 Å². The Hall–Kier alpha value is -3.49. The van der Waals surface area contributed by atoms with Gasteiger partial charge in [-0.15, -0.1) is 0 Å². The number of nitrogens with two attached hydrogens (primary N) is 2. The highest BCUT2D eigenvalue weighted by Crippen LogP contribution is 2.48. The minimum Gasteiger partial charge on any atom is -0.508 e. The van der Waals surface area contributed by atoms with Gasteiger partial charge in [0.05, 0.1) is 11.6 Å². The van der Waals surface area contributed by atoms with Crippen LogP contribution in [-0.2, 0) is 16.0 Å². The van der Waals surface area contributed by atoms with Gasteiger partial charge in [0.25, 0.3) is 0 Å². The Bertz CT molecular complexity index is 845. The number of carbonyl (C=O) groups excluding carboxylic acids is 1. The van der Waals surface area contributed by atoms with E-state index >= 15 is 0 Å². The summed E-state index contributed by atoms with van der Waals surface area (Å²) in [6.07, 6.45) is 4.55. The number of carboxylic acid groups (broad SMARTS) is 1. The number of aliphatic carboxylic acids is 1. The van der Waals surface area contributed by atoms with E-state index < -0.39 is 17.6 Å². The van der Waals surface area contributed by atoms with Crippen LogP contribution in [0.1, 0.15) is 25.3 Å². The molecule has 9 heteroatoms. The molecule has 9 nitrogen and oxygen atoms in total. The first kappa shape index (κ1) is 22.8. The van der Waals surface area contributed by atoms with Gasteiger partial charge >= 0.3 is 5.97 Å². The van der Waals surface area contributed by atoms with Gasteiger partial charge in [0.15, 0.2) is 5.96 Å². The fraction of sp³-hybridized carbons (Fsp3) is 0.381. The second-order valence-electron chi connectivity index (χ2n) is 7.48. The van der Waals surface area contributed by atoms with Crippen LogP contribution in [0.3, 0.4) is 0 Å². The molecule has 162 valence electrons. The van der Waals surface area contributed by atoms with Crippen molar-refractivity contribution in [1.82, 2.24) is 10.6 Å². The summed E-state index contributed by atoms with van der Waals surface area (Å²) in [6.45, 7) is 5.95. The summed E-state index contributed by atoms with van der Waals surface area (Å²) in [7, 11) is 0. The minimum atomic E-state index is -1.04. The van der Waals surface area contributed by atoms with Crippen LogP contribution in [0.4, 0.5) is 0 Å². The fourth-order valence-corrected chi connectivity index (χ4v) is 3.44. The number of rotatable bonds is 11. The van der Waals surface area contributed by atoms with Gasteiger partial charge in [0, 0.05) is 25.2 Å². The van der Waals surface area contributed by atoms with Crippen LogP contribution >= 0.6 is 0 Å². The van der Waals surface area contributed by atoms with Crippen molar-refractivity contribution in [1.29, 1.82) is 0 Å². The zero-order chi connectivity index (χ0) is 22.3. The molecule has 0 saturated heterocycles. The lowest BCUT2D eigenvalue weighted by Gasteiger charge is -2.26. The Morgan fingerprint density at radius 2 is 2.03 bits per heavy atom. The molecule has 1 fully saturated rings. The number of phenolic OH excluding ortho intramolecular Hbond substituents is 1. The molecule has 30 heavy (non-hydrogen) atoms. The number of nitrogens with zero attached hydrogens (tertiary/aromatic N) is 1. The molecule has 1 amide bonds. The number of hydrogen-bond acceptors (Lipinski definition) is 5. The molecule has 1 aromatic rings. The van der Waals surface area contributed by atoms with Crippen LogP contribution in [-0.4, -0.2) is 46.2 Å². The average Bonchev–Trinajstić information content (AvgIpc) is 3.33. The van der Waals surface area contributed by atoms with E-state index in [1.54, 1.807) is 30.3 Å². The standard InChI is InChI=1S/C21H29N5O4/c1-13(18(25-14(2)27)11-15-3-5-17(28)6-4-15)26-21(9-7-19(29)30)12-16(21)8-10-24-20(22)23/h3-7,9,16,18,26,28H,1,8,10-12H2,2H3,(H,25,27)(H,29,30)(H4,22,23,24)/b9-7+/t16?,18-,21?/m0/s1. The lowest BCUT2D eigenvalue weighted by atomic mass is 10.0. The molecule has 0 aliphatic heterocycles. The van der Waals surface area contributed by atoms with Gasteiger partial charge in [0.2, 0.25) is 5.91 Å². The molecule has 2 rings (SSSR count). The third kappa shape index (κ3) is 6.84. The summed E-state index contributed by atoms with van der Waals surface area (Å²) in [5, 5.41) is 24.7. The van der Waals surface area contributed by atoms with E-state index in [-0.39, 0.29) is 23.5 Å². The Morgan fingerprint density at radius 1 is 1.37 bits per heavy atom. The highest BCUT2D eigenvalue weighted by atomic mass is 16.4. The molecule has 1 saturated carbocycles. The van der Waals surface area contributed by atoms with Crippen LogP contribution in [0.25, 0.3) is 0 Å². The molecule has 2 unspecified atom stereocenters. The third-order valence-corrected chi connectivity index (χ3v) is 5.02. The summed E-state index contributed by atoms with van der Waals surface area (Å²) in [4.78, 5) is 26.8. The van der Waals surface area contributed by atoms with E-state index in [2.05, 4.69) is 22.2 Å². The number of carbonyl (C=O) groups is 2. The first-order valence-electron chi connectivity index (χ1n) is 9.61. The predicted octanol–water partition coefficient (Wildman–Crippen LogP) is 0.606. The number of aliphatic imine (C=N–C) groups is 1. The summed E-state index contributed by atoms with van der Waals surface area (Å²) < 4.78 is 0. The molecule has 1 aliphatic carbocycles. The zero-order valence-corrected chi connectivity index (χ0v) is 17.0. The molecule has 1 aliphatic rings. The molecule has 1 aromatic carbocycles. The lowest BCUT2D eigenvalue weighted by Crippen LogP contribution is -2.44. The van der Waals surface area contributed by atoms with E-state index in [1.165, 1.54) is 6.92 Å². The van der Waals surface area contributed by atoms with Gasteiger partial charge in [-0.25, -0.2) is 4.79 Å². The number of amides is 1. The summed E-state index contributed by atoms with van der Waals surface area (Å²) in [5.74, 6) is -0.957. The van der Waals surface area contributed by atoms with Crippen molar-refractivity contribution < 1.29 is 19.8 Å². The van der Waals surface area contributed by atoms with Gasteiger partial charge in [-0.1, -0.05) is 24.8 Å². The van der Waals surface area contributed by atoms with Crippen LogP contribution in [0.15, 0.2) is 53.7 Å². The number of guanidine groups is 1. The van der Waals surface area contributed by atoms with Crippen molar-refractivity contribution in [2.45, 2.75) is 37.8 Å². The third-order valence-electron chi connectivity index (χ3n) is 5.02. The second-order valence-corrected chi connectivity index (χ2v) is 7.48. The van der Waals surface area contributed by atoms with Crippen LogP contribution < -0.4 is 22.1 Å². The molecular formula is C21H29N5O4. The molecule has 0 heterocycles. The van der Waals surface area contributed by atoms with E-state index in [0.717, 1.165) is 11.6 Å². The van der Waals surface area contributed by atoms with Crippen molar-refractivity contribution in [3.05, 3.63) is 54.3 Å². The van der Waals surface area contributed by atoms with Crippen molar-refractivity contribution in [3.63, 3.8) is 0 Å². The second kappa shape index (κ2) is 9.82.